The molecule has 2 N–H and O–H groups in total. The Morgan fingerprint density at radius 3 is 2.52 bits per heavy atom. The molecule has 0 bridgehead atoms. The lowest BCUT2D eigenvalue weighted by molar-refractivity contribution is -0.137. The number of hydrogen-bond acceptors (Lipinski definition) is 8. The van der Waals surface area contributed by atoms with Crippen LogP contribution in [0, 0.1) is 0 Å². The number of nitrogens with zero attached hydrogens (tertiary/aromatic N) is 3. The minimum atomic E-state index is -4.71. The van der Waals surface area contributed by atoms with Crippen molar-refractivity contribution in [2.45, 2.75) is 18.8 Å². The summed E-state index contributed by atoms with van der Waals surface area (Å²) in [6.45, 7) is -0.789. The summed E-state index contributed by atoms with van der Waals surface area (Å²) >= 11 is 6.01. The van der Waals surface area contributed by atoms with E-state index in [0.717, 1.165) is 0 Å². The van der Waals surface area contributed by atoms with Gasteiger partial charge < -0.3 is 19.3 Å². The third-order valence-corrected chi connectivity index (χ3v) is 6.88. The molecule has 3 aromatic rings. The van der Waals surface area contributed by atoms with Gasteiger partial charge in [-0.1, -0.05) is 41.9 Å². The SMILES string of the molecule is COCCOc1ccncc1C(CNS(=O)(=O)N(Cc1ccccc1)C(=O)O)Oc1ncc(C(F)(F)F)cc1Cl. The number of pyridine rings is 2. The second-order valence-electron chi connectivity index (χ2n) is 8.00. The Balaban J connectivity index is 1.92. The quantitative estimate of drug-likeness (QED) is 0.273. The normalized spacial score (nSPS) is 12.5. The third kappa shape index (κ3) is 8.42. The van der Waals surface area contributed by atoms with Crippen LogP contribution in [0.25, 0.3) is 0 Å². The van der Waals surface area contributed by atoms with Crippen molar-refractivity contribution in [1.82, 2.24) is 19.0 Å². The number of halogens is 4. The summed E-state index contributed by atoms with van der Waals surface area (Å²) in [4.78, 5) is 19.5. The Morgan fingerprint density at radius 1 is 1.18 bits per heavy atom. The largest absolute Gasteiger partial charge is 0.491 e. The van der Waals surface area contributed by atoms with Crippen LogP contribution >= 0.6 is 11.6 Å². The number of methoxy groups -OCH3 is 1. The van der Waals surface area contributed by atoms with Gasteiger partial charge in [-0.3, -0.25) is 4.98 Å². The highest BCUT2D eigenvalue weighted by Gasteiger charge is 2.33. The zero-order chi connectivity index (χ0) is 29.3. The number of alkyl halides is 3. The van der Waals surface area contributed by atoms with E-state index in [0.29, 0.717) is 17.8 Å². The number of carboxylic acid groups (broad SMARTS) is 1. The van der Waals surface area contributed by atoms with E-state index in [4.69, 9.17) is 25.8 Å². The van der Waals surface area contributed by atoms with E-state index in [1.807, 2.05) is 0 Å². The van der Waals surface area contributed by atoms with Crippen molar-refractivity contribution in [3.05, 3.63) is 82.8 Å². The van der Waals surface area contributed by atoms with Gasteiger partial charge in [-0.2, -0.15) is 30.6 Å². The molecule has 1 unspecified atom stereocenters. The Bertz CT molecular complexity index is 1400. The first-order chi connectivity index (χ1) is 18.9. The van der Waals surface area contributed by atoms with Crippen LogP contribution in [0.5, 0.6) is 11.6 Å². The zero-order valence-corrected chi connectivity index (χ0v) is 22.4. The smallest absolute Gasteiger partial charge is 0.422 e. The van der Waals surface area contributed by atoms with Gasteiger partial charge >= 0.3 is 22.5 Å². The van der Waals surface area contributed by atoms with E-state index in [2.05, 4.69) is 14.7 Å². The number of ether oxygens (including phenoxy) is 3. The van der Waals surface area contributed by atoms with E-state index < -0.39 is 58.1 Å². The average Bonchev–Trinajstić information content (AvgIpc) is 2.91. The van der Waals surface area contributed by atoms with Crippen LogP contribution in [0.15, 0.2) is 61.1 Å². The number of amides is 1. The van der Waals surface area contributed by atoms with Gasteiger partial charge in [-0.05, 0) is 17.7 Å². The van der Waals surface area contributed by atoms with Gasteiger partial charge in [-0.25, -0.2) is 9.78 Å². The maximum Gasteiger partial charge on any atom is 0.422 e. The topological polar surface area (TPSA) is 140 Å². The molecule has 3 rings (SSSR count). The maximum atomic E-state index is 13.1. The minimum Gasteiger partial charge on any atom is -0.491 e. The molecule has 0 aliphatic rings. The van der Waals surface area contributed by atoms with E-state index in [1.165, 1.54) is 25.6 Å². The molecule has 0 aliphatic carbocycles. The monoisotopic (exact) mass is 604 g/mol. The lowest BCUT2D eigenvalue weighted by atomic mass is 10.1. The lowest BCUT2D eigenvalue weighted by Crippen LogP contribution is -2.45. The average molecular weight is 605 g/mol. The van der Waals surface area contributed by atoms with Crippen LogP contribution in [-0.2, 0) is 27.7 Å². The second-order valence-corrected chi connectivity index (χ2v) is 10.1. The molecular formula is C24H24ClF3N4O7S. The third-order valence-electron chi connectivity index (χ3n) is 5.21. The van der Waals surface area contributed by atoms with E-state index in [1.54, 1.807) is 30.3 Å². The summed E-state index contributed by atoms with van der Waals surface area (Å²) in [6, 6.07) is 10.1. The molecule has 0 saturated carbocycles. The van der Waals surface area contributed by atoms with Crippen molar-refractivity contribution in [3.63, 3.8) is 0 Å². The summed E-state index contributed by atoms with van der Waals surface area (Å²) in [7, 11) is -3.21. The van der Waals surface area contributed by atoms with Gasteiger partial charge in [0.2, 0.25) is 5.88 Å². The second kappa shape index (κ2) is 13.6. The number of rotatable bonds is 13. The predicted octanol–water partition coefficient (Wildman–Crippen LogP) is 4.31. The molecule has 0 aliphatic heterocycles. The van der Waals surface area contributed by atoms with Crippen molar-refractivity contribution < 1.29 is 45.7 Å². The molecule has 16 heteroatoms. The number of benzene rings is 1. The first kappa shape index (κ1) is 30.9. The highest BCUT2D eigenvalue weighted by molar-refractivity contribution is 7.87. The Morgan fingerprint density at radius 2 is 1.90 bits per heavy atom. The van der Waals surface area contributed by atoms with Crippen molar-refractivity contribution in [3.8, 4) is 11.6 Å². The zero-order valence-electron chi connectivity index (χ0n) is 20.8. The van der Waals surface area contributed by atoms with Crippen molar-refractivity contribution in [2.75, 3.05) is 26.9 Å². The molecule has 1 atom stereocenters. The van der Waals surface area contributed by atoms with Crippen molar-refractivity contribution in [1.29, 1.82) is 0 Å². The summed E-state index contributed by atoms with van der Waals surface area (Å²) in [5.74, 6) is -0.247. The summed E-state index contributed by atoms with van der Waals surface area (Å²) in [5.41, 5.74) is -0.543. The Labute approximate surface area is 232 Å². The molecule has 0 fully saturated rings. The van der Waals surface area contributed by atoms with E-state index >= 15 is 0 Å². The first-order valence-electron chi connectivity index (χ1n) is 11.4. The van der Waals surface area contributed by atoms with Crippen molar-refractivity contribution >= 4 is 27.9 Å². The van der Waals surface area contributed by atoms with Gasteiger partial charge in [0, 0.05) is 25.7 Å². The van der Waals surface area contributed by atoms with Crippen LogP contribution in [0.1, 0.15) is 22.8 Å². The first-order valence-corrected chi connectivity index (χ1v) is 13.2. The fourth-order valence-electron chi connectivity index (χ4n) is 3.28. The maximum absolute atomic E-state index is 13.1. The molecule has 1 amide bonds. The number of carbonyl (C=O) groups is 1. The van der Waals surface area contributed by atoms with Gasteiger partial charge in [-0.15, -0.1) is 0 Å². The summed E-state index contributed by atoms with van der Waals surface area (Å²) in [5, 5.41) is 9.10. The Hall–Kier alpha value is -3.66. The van der Waals surface area contributed by atoms with Crippen LogP contribution in [-0.4, -0.2) is 60.8 Å². The minimum absolute atomic E-state index is 0.0924. The number of aromatic nitrogens is 2. The molecule has 11 nitrogen and oxygen atoms in total. The molecule has 0 radical (unpaired) electrons. The molecule has 216 valence electrons. The van der Waals surface area contributed by atoms with Gasteiger partial charge in [0.1, 0.15) is 23.5 Å². The molecule has 2 heterocycles. The van der Waals surface area contributed by atoms with Crippen LogP contribution in [0.2, 0.25) is 5.02 Å². The number of hydrogen-bond donors (Lipinski definition) is 2. The fraction of sp³-hybridized carbons (Fsp3) is 0.292. The van der Waals surface area contributed by atoms with Gasteiger partial charge in [0.05, 0.1) is 30.8 Å². The van der Waals surface area contributed by atoms with Crippen LogP contribution in [0.3, 0.4) is 0 Å². The lowest BCUT2D eigenvalue weighted by Gasteiger charge is -2.24. The highest BCUT2D eigenvalue weighted by Crippen LogP contribution is 2.35. The highest BCUT2D eigenvalue weighted by atomic mass is 35.5. The fourth-order valence-corrected chi connectivity index (χ4v) is 4.54. The van der Waals surface area contributed by atoms with Crippen LogP contribution in [0.4, 0.5) is 18.0 Å². The summed E-state index contributed by atoms with van der Waals surface area (Å²) in [6.07, 6.45) is -4.59. The molecule has 2 aromatic heterocycles. The molecule has 0 saturated heterocycles. The summed E-state index contributed by atoms with van der Waals surface area (Å²) < 4.78 is 84.0. The molecular weight excluding hydrogens is 581 g/mol. The predicted molar refractivity (Wildman–Crippen MR) is 136 cm³/mol. The van der Waals surface area contributed by atoms with Crippen molar-refractivity contribution in [2.24, 2.45) is 0 Å². The molecule has 0 spiro atoms. The van der Waals surface area contributed by atoms with Crippen LogP contribution < -0.4 is 14.2 Å². The van der Waals surface area contributed by atoms with E-state index in [9.17, 15) is 31.5 Å². The Kier molecular flexibility index (Phi) is 10.5. The van der Waals surface area contributed by atoms with Gasteiger partial charge in [0.25, 0.3) is 0 Å². The number of nitrogens with one attached hydrogen (secondary N) is 1. The standard InChI is InChI=1S/C24H24ClF3N4O7S/c1-37-9-10-38-20-7-8-29-13-18(20)21(39-22-19(25)11-17(12-30-22)24(26,27)28)14-31-40(35,36)32(23(33)34)15-16-5-3-2-4-6-16/h2-8,11-13,21,31H,9-10,14-15H2,1H3,(H,33,34). The van der Waals surface area contributed by atoms with E-state index in [-0.39, 0.29) is 28.8 Å². The molecule has 40 heavy (non-hydrogen) atoms. The molecule has 1 aromatic carbocycles. The van der Waals surface area contributed by atoms with Gasteiger partial charge in [0.15, 0.2) is 0 Å².